The Morgan fingerprint density at radius 1 is 1.12 bits per heavy atom. The maximum Gasteiger partial charge on any atom is 0.229 e. The highest BCUT2D eigenvalue weighted by Gasteiger charge is 2.36. The van der Waals surface area contributed by atoms with Gasteiger partial charge >= 0.3 is 0 Å². The fourth-order valence-electron chi connectivity index (χ4n) is 3.15. The monoisotopic (exact) mass is 376 g/mol. The standard InChI is InChI=1S/C19H18Cl2N2O2/c1-11-4-3-5-12(2)18(11)23-10-13(8-17(23)24)19(25)22-14-6-7-15(20)16(21)9-14/h3-7,9,13H,8,10H2,1-2H3,(H,22,25)/t13-/m1/s1. The van der Waals surface area contributed by atoms with Crippen LogP contribution in [0.3, 0.4) is 0 Å². The Kier molecular flexibility index (Phi) is 5.02. The molecule has 130 valence electrons. The molecule has 0 spiro atoms. The molecule has 2 aromatic rings. The zero-order valence-corrected chi connectivity index (χ0v) is 15.5. The van der Waals surface area contributed by atoms with Gasteiger partial charge < -0.3 is 10.2 Å². The summed E-state index contributed by atoms with van der Waals surface area (Å²) in [5.41, 5.74) is 3.52. The molecular weight excluding hydrogens is 359 g/mol. The lowest BCUT2D eigenvalue weighted by atomic mass is 10.1. The number of para-hydroxylation sites is 1. The number of hydrogen-bond donors (Lipinski definition) is 1. The Morgan fingerprint density at radius 3 is 2.44 bits per heavy atom. The summed E-state index contributed by atoms with van der Waals surface area (Å²) >= 11 is 11.9. The van der Waals surface area contributed by atoms with Crippen LogP contribution in [0, 0.1) is 19.8 Å². The first-order chi connectivity index (χ1) is 11.9. The van der Waals surface area contributed by atoms with Gasteiger partial charge in [0.15, 0.2) is 0 Å². The van der Waals surface area contributed by atoms with Crippen LogP contribution in [0.2, 0.25) is 10.0 Å². The summed E-state index contributed by atoms with van der Waals surface area (Å²) in [4.78, 5) is 26.7. The van der Waals surface area contributed by atoms with Gasteiger partial charge in [-0.05, 0) is 43.2 Å². The van der Waals surface area contributed by atoms with Gasteiger partial charge in [0.25, 0.3) is 0 Å². The van der Waals surface area contributed by atoms with Crippen molar-refractivity contribution in [3.05, 3.63) is 57.6 Å². The third kappa shape index (κ3) is 3.65. The molecule has 1 atom stereocenters. The lowest BCUT2D eigenvalue weighted by molar-refractivity contribution is -0.122. The van der Waals surface area contributed by atoms with Gasteiger partial charge in [-0.15, -0.1) is 0 Å². The van der Waals surface area contributed by atoms with E-state index >= 15 is 0 Å². The van der Waals surface area contributed by atoms with Crippen molar-refractivity contribution < 1.29 is 9.59 Å². The number of hydrogen-bond acceptors (Lipinski definition) is 2. The molecule has 0 unspecified atom stereocenters. The number of aryl methyl sites for hydroxylation is 2. The predicted octanol–water partition coefficient (Wildman–Crippen LogP) is 4.60. The van der Waals surface area contributed by atoms with E-state index in [-0.39, 0.29) is 18.2 Å². The van der Waals surface area contributed by atoms with E-state index in [0.717, 1.165) is 16.8 Å². The van der Waals surface area contributed by atoms with Crippen LogP contribution >= 0.6 is 23.2 Å². The third-order valence-electron chi connectivity index (χ3n) is 4.39. The molecule has 1 fully saturated rings. The molecule has 1 N–H and O–H groups in total. The van der Waals surface area contributed by atoms with Crippen LogP contribution in [0.5, 0.6) is 0 Å². The number of halogens is 2. The molecule has 1 heterocycles. The number of carbonyl (C=O) groups is 2. The van der Waals surface area contributed by atoms with Crippen LogP contribution in [-0.4, -0.2) is 18.4 Å². The van der Waals surface area contributed by atoms with E-state index in [1.165, 1.54) is 0 Å². The van der Waals surface area contributed by atoms with E-state index in [4.69, 9.17) is 23.2 Å². The predicted molar refractivity (Wildman–Crippen MR) is 101 cm³/mol. The number of benzene rings is 2. The molecule has 0 radical (unpaired) electrons. The highest BCUT2D eigenvalue weighted by atomic mass is 35.5. The van der Waals surface area contributed by atoms with Crippen molar-refractivity contribution in [2.75, 3.05) is 16.8 Å². The van der Waals surface area contributed by atoms with E-state index in [1.807, 2.05) is 32.0 Å². The van der Waals surface area contributed by atoms with Crippen molar-refractivity contribution in [1.29, 1.82) is 0 Å². The number of nitrogens with zero attached hydrogens (tertiary/aromatic N) is 1. The van der Waals surface area contributed by atoms with E-state index < -0.39 is 5.92 Å². The quantitative estimate of drug-likeness (QED) is 0.850. The Hall–Kier alpha value is -2.04. The van der Waals surface area contributed by atoms with Crippen molar-refractivity contribution in [3.63, 3.8) is 0 Å². The second-order valence-electron chi connectivity index (χ2n) is 6.26. The number of nitrogens with one attached hydrogen (secondary N) is 1. The van der Waals surface area contributed by atoms with Crippen molar-refractivity contribution in [2.24, 2.45) is 5.92 Å². The van der Waals surface area contributed by atoms with Crippen LogP contribution < -0.4 is 10.2 Å². The Morgan fingerprint density at radius 2 is 1.80 bits per heavy atom. The van der Waals surface area contributed by atoms with Crippen LogP contribution in [0.15, 0.2) is 36.4 Å². The lowest BCUT2D eigenvalue weighted by Crippen LogP contribution is -2.29. The first-order valence-electron chi connectivity index (χ1n) is 7.99. The number of rotatable bonds is 3. The van der Waals surface area contributed by atoms with Gasteiger partial charge in [0.2, 0.25) is 11.8 Å². The molecule has 0 aliphatic carbocycles. The maximum atomic E-state index is 12.5. The topological polar surface area (TPSA) is 49.4 Å². The SMILES string of the molecule is Cc1cccc(C)c1N1C[C@H](C(=O)Nc2ccc(Cl)c(Cl)c2)CC1=O. The minimum Gasteiger partial charge on any atom is -0.326 e. The first kappa shape index (κ1) is 17.8. The van der Waals surface area contributed by atoms with Gasteiger partial charge in [-0.1, -0.05) is 41.4 Å². The summed E-state index contributed by atoms with van der Waals surface area (Å²) < 4.78 is 0. The van der Waals surface area contributed by atoms with E-state index in [2.05, 4.69) is 5.32 Å². The summed E-state index contributed by atoms with van der Waals surface area (Å²) in [6, 6.07) is 10.8. The minimum absolute atomic E-state index is 0.0355. The van der Waals surface area contributed by atoms with E-state index in [9.17, 15) is 9.59 Å². The Balaban J connectivity index is 1.75. The zero-order valence-electron chi connectivity index (χ0n) is 14.0. The number of amides is 2. The van der Waals surface area contributed by atoms with Crippen molar-refractivity contribution in [1.82, 2.24) is 0 Å². The molecule has 1 aliphatic heterocycles. The van der Waals surface area contributed by atoms with Crippen LogP contribution in [0.25, 0.3) is 0 Å². The van der Waals surface area contributed by atoms with Gasteiger partial charge in [0.05, 0.1) is 16.0 Å². The Bertz CT molecular complexity index is 831. The van der Waals surface area contributed by atoms with Gasteiger partial charge in [-0.25, -0.2) is 0 Å². The average molecular weight is 377 g/mol. The fourth-order valence-corrected chi connectivity index (χ4v) is 3.45. The molecule has 4 nitrogen and oxygen atoms in total. The highest BCUT2D eigenvalue weighted by molar-refractivity contribution is 6.42. The van der Waals surface area contributed by atoms with Gasteiger partial charge in [-0.3, -0.25) is 9.59 Å². The fraction of sp³-hybridized carbons (Fsp3) is 0.263. The van der Waals surface area contributed by atoms with Crippen LogP contribution in [-0.2, 0) is 9.59 Å². The van der Waals surface area contributed by atoms with Crippen LogP contribution in [0.4, 0.5) is 11.4 Å². The van der Waals surface area contributed by atoms with Crippen molar-refractivity contribution in [2.45, 2.75) is 20.3 Å². The van der Waals surface area contributed by atoms with Crippen molar-refractivity contribution in [3.8, 4) is 0 Å². The largest absolute Gasteiger partial charge is 0.326 e. The normalized spacial score (nSPS) is 17.0. The second-order valence-corrected chi connectivity index (χ2v) is 7.08. The molecule has 0 aromatic heterocycles. The van der Waals surface area contributed by atoms with Gasteiger partial charge in [-0.2, -0.15) is 0 Å². The van der Waals surface area contributed by atoms with Crippen molar-refractivity contribution >= 4 is 46.4 Å². The summed E-state index contributed by atoms with van der Waals surface area (Å²) in [6.07, 6.45) is 0.195. The van der Waals surface area contributed by atoms with E-state index in [0.29, 0.717) is 22.3 Å². The molecule has 6 heteroatoms. The van der Waals surface area contributed by atoms with Gasteiger partial charge in [0.1, 0.15) is 0 Å². The average Bonchev–Trinajstić information content (AvgIpc) is 2.93. The third-order valence-corrected chi connectivity index (χ3v) is 5.13. The highest BCUT2D eigenvalue weighted by Crippen LogP contribution is 2.31. The number of carbonyl (C=O) groups excluding carboxylic acids is 2. The summed E-state index contributed by atoms with van der Waals surface area (Å²) in [5, 5.41) is 3.61. The molecule has 1 saturated heterocycles. The zero-order chi connectivity index (χ0) is 18.1. The molecule has 0 saturated carbocycles. The summed E-state index contributed by atoms with van der Waals surface area (Å²) in [6.45, 7) is 4.31. The first-order valence-corrected chi connectivity index (χ1v) is 8.75. The minimum atomic E-state index is -0.402. The van der Waals surface area contributed by atoms with E-state index in [1.54, 1.807) is 23.1 Å². The molecule has 2 aromatic carbocycles. The number of anilines is 2. The smallest absolute Gasteiger partial charge is 0.229 e. The van der Waals surface area contributed by atoms with Crippen LogP contribution in [0.1, 0.15) is 17.5 Å². The second kappa shape index (κ2) is 7.06. The molecule has 2 amide bonds. The maximum absolute atomic E-state index is 12.5. The molecular formula is C19H18Cl2N2O2. The summed E-state index contributed by atoms with van der Waals surface area (Å²) in [5.74, 6) is -0.631. The molecule has 1 aliphatic rings. The van der Waals surface area contributed by atoms with Gasteiger partial charge in [0, 0.05) is 24.3 Å². The molecule has 0 bridgehead atoms. The lowest BCUT2D eigenvalue weighted by Gasteiger charge is -2.21. The Labute approximate surface area is 156 Å². The molecule has 25 heavy (non-hydrogen) atoms. The molecule has 3 rings (SSSR count). The summed E-state index contributed by atoms with van der Waals surface area (Å²) in [7, 11) is 0.